The van der Waals surface area contributed by atoms with Crippen molar-refractivity contribution < 1.29 is 32.4 Å². The zero-order valence-corrected chi connectivity index (χ0v) is 8.51. The second-order valence-corrected chi connectivity index (χ2v) is 3.26. The number of hydrogen-bond donors (Lipinski definition) is 3. The van der Waals surface area contributed by atoms with E-state index in [1.807, 2.05) is 0 Å². The highest BCUT2D eigenvalue weighted by molar-refractivity contribution is 7.67. The summed E-state index contributed by atoms with van der Waals surface area (Å²) in [4.78, 5) is 21.3. The summed E-state index contributed by atoms with van der Waals surface area (Å²) in [6, 6.07) is 2.85. The van der Waals surface area contributed by atoms with Gasteiger partial charge in [-0.15, -0.1) is 0 Å². The summed E-state index contributed by atoms with van der Waals surface area (Å²) in [5.41, 5.74) is -0.983. The van der Waals surface area contributed by atoms with Crippen LogP contribution in [0, 0.1) is 0 Å². The maximum Gasteiger partial charge on any atom is 0.336 e. The minimum Gasteiger partial charge on any atom is -0.478 e. The molecule has 8 heteroatoms. The Balaban J connectivity index is 3.27. The lowest BCUT2D eigenvalue weighted by Crippen LogP contribution is -2.08. The second-order valence-electron chi connectivity index (χ2n) is 2.63. The molecule has 1 rings (SSSR count). The summed E-state index contributed by atoms with van der Waals surface area (Å²) in [7, 11) is -3.17. The van der Waals surface area contributed by atoms with Crippen LogP contribution in [0.25, 0.3) is 0 Å². The van der Waals surface area contributed by atoms with Gasteiger partial charge in [0.15, 0.2) is 0 Å². The molecule has 1 aromatic carbocycles. The van der Waals surface area contributed by atoms with Crippen molar-refractivity contribution in [2.75, 3.05) is 0 Å². The standard InChI is InChI=1S/C8H6O7S/c9-7(10)5-2-1-4(15-16(13)14)3-6(5)8(11)12/h1-3,16H,(H,9,10)(H,11,12). The highest BCUT2D eigenvalue weighted by Crippen LogP contribution is 2.18. The monoisotopic (exact) mass is 246 g/mol. The zero-order valence-electron chi connectivity index (χ0n) is 7.61. The van der Waals surface area contributed by atoms with E-state index in [2.05, 4.69) is 4.18 Å². The Bertz CT molecular complexity index is 509. The molecule has 2 N–H and O–H groups in total. The van der Waals surface area contributed by atoms with Gasteiger partial charge in [-0.2, -0.15) is 8.42 Å². The normalized spacial score (nSPS) is 10.1. The van der Waals surface area contributed by atoms with Crippen molar-refractivity contribution in [2.24, 2.45) is 0 Å². The van der Waals surface area contributed by atoms with Crippen LogP contribution in [0.4, 0.5) is 0 Å². The maximum absolute atomic E-state index is 10.7. The number of benzene rings is 1. The summed E-state index contributed by atoms with van der Waals surface area (Å²) >= 11 is 0. The van der Waals surface area contributed by atoms with Gasteiger partial charge in [0, 0.05) is 0 Å². The molecule has 0 aliphatic heterocycles. The fraction of sp³-hybridized carbons (Fsp3) is 0. The highest BCUT2D eigenvalue weighted by atomic mass is 32.2. The Labute approximate surface area is 91.1 Å². The molecule has 0 unspecified atom stereocenters. The topological polar surface area (TPSA) is 118 Å². The van der Waals surface area contributed by atoms with Crippen molar-refractivity contribution in [1.29, 1.82) is 0 Å². The number of hydrogen-bond acceptors (Lipinski definition) is 5. The molecule has 0 fully saturated rings. The summed E-state index contributed by atoms with van der Waals surface area (Å²) < 4.78 is 24.7. The van der Waals surface area contributed by atoms with Crippen molar-refractivity contribution >= 4 is 22.9 Å². The van der Waals surface area contributed by atoms with Crippen LogP contribution >= 0.6 is 0 Å². The Morgan fingerprint density at radius 2 is 1.62 bits per heavy atom. The first-order valence-electron chi connectivity index (χ1n) is 3.85. The number of carbonyl (C=O) groups is 2. The van der Waals surface area contributed by atoms with Crippen molar-refractivity contribution in [3.05, 3.63) is 29.3 Å². The first-order chi connectivity index (χ1) is 7.41. The molecule has 0 aliphatic carbocycles. The van der Waals surface area contributed by atoms with E-state index in [-0.39, 0.29) is 5.75 Å². The maximum atomic E-state index is 10.7. The molecule has 86 valence electrons. The fourth-order valence-corrected chi connectivity index (χ4v) is 1.32. The molecule has 0 saturated carbocycles. The first-order valence-corrected chi connectivity index (χ1v) is 4.94. The van der Waals surface area contributed by atoms with Crippen LogP contribution in [0.1, 0.15) is 20.7 Å². The molecule has 0 aromatic heterocycles. The van der Waals surface area contributed by atoms with Gasteiger partial charge in [-0.1, -0.05) is 0 Å². The quantitative estimate of drug-likeness (QED) is 0.639. The van der Waals surface area contributed by atoms with Crippen LogP contribution in [-0.2, 0) is 11.0 Å². The van der Waals surface area contributed by atoms with E-state index in [4.69, 9.17) is 10.2 Å². The third-order valence-electron chi connectivity index (χ3n) is 1.63. The molecule has 0 atom stereocenters. The lowest BCUT2D eigenvalue weighted by Gasteiger charge is -2.03. The SMILES string of the molecule is O=C(O)c1ccc(O[SH](=O)=O)cc1C(=O)O. The van der Waals surface area contributed by atoms with E-state index < -0.39 is 34.1 Å². The lowest BCUT2D eigenvalue weighted by molar-refractivity contribution is 0.0651. The molecule has 1 aromatic rings. The lowest BCUT2D eigenvalue weighted by atomic mass is 10.1. The van der Waals surface area contributed by atoms with Gasteiger partial charge in [0.1, 0.15) is 5.75 Å². The fourth-order valence-electron chi connectivity index (χ4n) is 1.03. The van der Waals surface area contributed by atoms with Crippen molar-refractivity contribution in [2.45, 2.75) is 0 Å². The third-order valence-corrected chi connectivity index (χ3v) is 1.99. The molecule has 0 aliphatic rings. The van der Waals surface area contributed by atoms with Gasteiger partial charge in [0.05, 0.1) is 11.1 Å². The number of carboxylic acid groups (broad SMARTS) is 2. The Morgan fingerprint density at radius 3 is 2.06 bits per heavy atom. The van der Waals surface area contributed by atoms with Gasteiger partial charge < -0.3 is 14.4 Å². The van der Waals surface area contributed by atoms with E-state index in [1.54, 1.807) is 0 Å². The second kappa shape index (κ2) is 4.62. The number of thiol groups is 1. The average molecular weight is 246 g/mol. The first kappa shape index (κ1) is 12.0. The zero-order chi connectivity index (χ0) is 12.3. The molecule has 16 heavy (non-hydrogen) atoms. The van der Waals surface area contributed by atoms with Crippen LogP contribution in [0.15, 0.2) is 18.2 Å². The number of rotatable bonds is 4. The summed E-state index contributed by atoms with van der Waals surface area (Å²) in [6.07, 6.45) is 0. The Kier molecular flexibility index (Phi) is 3.46. The predicted molar refractivity (Wildman–Crippen MR) is 51.3 cm³/mol. The molecule has 0 bridgehead atoms. The molecule has 0 amide bonds. The molecule has 0 radical (unpaired) electrons. The van der Waals surface area contributed by atoms with Gasteiger partial charge in [-0.25, -0.2) is 9.59 Å². The van der Waals surface area contributed by atoms with Crippen LogP contribution in [0.5, 0.6) is 5.75 Å². The van der Waals surface area contributed by atoms with Crippen LogP contribution in [-0.4, -0.2) is 30.6 Å². The van der Waals surface area contributed by atoms with E-state index in [9.17, 15) is 18.0 Å². The van der Waals surface area contributed by atoms with Crippen LogP contribution < -0.4 is 4.18 Å². The molecule has 7 nitrogen and oxygen atoms in total. The predicted octanol–water partition coefficient (Wildman–Crippen LogP) is -0.0118. The largest absolute Gasteiger partial charge is 0.478 e. The minimum absolute atomic E-state index is 0.251. The summed E-state index contributed by atoms with van der Waals surface area (Å²) in [5, 5.41) is 17.4. The smallest absolute Gasteiger partial charge is 0.336 e. The van der Waals surface area contributed by atoms with Crippen LogP contribution in [0.2, 0.25) is 0 Å². The van der Waals surface area contributed by atoms with Crippen molar-refractivity contribution in [1.82, 2.24) is 0 Å². The van der Waals surface area contributed by atoms with Gasteiger partial charge in [0.25, 0.3) is 11.0 Å². The molecule has 0 saturated heterocycles. The third kappa shape index (κ3) is 2.70. The van der Waals surface area contributed by atoms with Crippen molar-refractivity contribution in [3.8, 4) is 5.75 Å². The van der Waals surface area contributed by atoms with Crippen LogP contribution in [0.3, 0.4) is 0 Å². The van der Waals surface area contributed by atoms with Crippen molar-refractivity contribution in [3.63, 3.8) is 0 Å². The average Bonchev–Trinajstić information content (AvgIpc) is 2.16. The van der Waals surface area contributed by atoms with E-state index >= 15 is 0 Å². The van der Waals surface area contributed by atoms with E-state index in [1.165, 1.54) is 0 Å². The van der Waals surface area contributed by atoms with Gasteiger partial charge >= 0.3 is 11.9 Å². The number of aromatic carboxylic acids is 2. The van der Waals surface area contributed by atoms with Gasteiger partial charge in [0.2, 0.25) is 0 Å². The minimum atomic E-state index is -3.17. The van der Waals surface area contributed by atoms with Gasteiger partial charge in [-0.3, -0.25) is 0 Å². The Morgan fingerprint density at radius 1 is 1.06 bits per heavy atom. The molecular weight excluding hydrogens is 240 g/mol. The molecular formula is C8H6O7S. The van der Waals surface area contributed by atoms with Gasteiger partial charge in [-0.05, 0) is 18.2 Å². The Hall–Kier alpha value is -2.09. The number of carboxylic acids is 2. The van der Waals surface area contributed by atoms with E-state index in [0.29, 0.717) is 0 Å². The summed E-state index contributed by atoms with van der Waals surface area (Å²) in [5.74, 6) is -3.15. The molecule has 0 heterocycles. The van der Waals surface area contributed by atoms with E-state index in [0.717, 1.165) is 18.2 Å². The molecule has 0 spiro atoms. The highest BCUT2D eigenvalue weighted by Gasteiger charge is 2.16. The summed E-state index contributed by atoms with van der Waals surface area (Å²) in [6.45, 7) is 0.